The molecule has 220 valence electrons. The molecule has 0 saturated carbocycles. The zero-order valence-corrected chi connectivity index (χ0v) is 24.3. The Hall–Kier alpha value is -4.09. The van der Waals surface area contributed by atoms with Gasteiger partial charge in [0.15, 0.2) is 0 Å². The van der Waals surface area contributed by atoms with Gasteiger partial charge >= 0.3 is 0 Å². The van der Waals surface area contributed by atoms with Gasteiger partial charge in [0, 0.05) is 37.4 Å². The van der Waals surface area contributed by atoms with Crippen molar-refractivity contribution in [3.05, 3.63) is 125 Å². The third-order valence-electron chi connectivity index (χ3n) is 6.76. The number of amides is 1. The molecular weight excluding hydrogens is 550 g/mol. The molecule has 6 N–H and O–H groups in total. The third kappa shape index (κ3) is 9.49. The summed E-state index contributed by atoms with van der Waals surface area (Å²) in [5.41, 5.74) is 9.82. The highest BCUT2D eigenvalue weighted by molar-refractivity contribution is 7.89. The number of sulfonamides is 1. The van der Waals surface area contributed by atoms with E-state index in [-0.39, 0.29) is 36.4 Å². The Labute approximate surface area is 247 Å². The van der Waals surface area contributed by atoms with Gasteiger partial charge < -0.3 is 21.5 Å². The Balaban J connectivity index is 1.25. The van der Waals surface area contributed by atoms with Crippen LogP contribution in [0.5, 0.6) is 0 Å². The normalized spacial score (nSPS) is 12.9. The number of nitrogens with two attached hydrogens (primary N) is 1. The monoisotopic (exact) mass is 587 g/mol. The minimum atomic E-state index is -3.70. The van der Waals surface area contributed by atoms with E-state index in [0.29, 0.717) is 23.5 Å². The summed E-state index contributed by atoms with van der Waals surface area (Å²) in [6, 6.07) is 27.2. The topological polar surface area (TPSA) is 146 Å². The van der Waals surface area contributed by atoms with Gasteiger partial charge in [0.05, 0.1) is 17.4 Å². The first-order valence-corrected chi connectivity index (χ1v) is 15.3. The number of nitrogen functional groups attached to an aromatic ring is 1. The van der Waals surface area contributed by atoms with Crippen molar-refractivity contribution in [2.45, 2.75) is 49.9 Å². The van der Waals surface area contributed by atoms with Crippen LogP contribution in [0, 0.1) is 0 Å². The number of hydrogen-bond donors (Lipinski definition) is 5. The number of aliphatic hydroxyl groups excluding tert-OH is 1. The molecule has 2 unspecified atom stereocenters. The Morgan fingerprint density at radius 2 is 1.60 bits per heavy atom. The average Bonchev–Trinajstić information content (AvgIpc) is 2.99. The highest BCUT2D eigenvalue weighted by Crippen LogP contribution is 2.15. The highest BCUT2D eigenvalue weighted by atomic mass is 32.2. The molecular formula is C32H37N5O4S. The van der Waals surface area contributed by atoms with Crippen LogP contribution in [0.15, 0.2) is 102 Å². The van der Waals surface area contributed by atoms with Crippen molar-refractivity contribution >= 4 is 21.7 Å². The predicted octanol–water partition coefficient (Wildman–Crippen LogP) is 3.26. The maximum atomic E-state index is 12.8. The van der Waals surface area contributed by atoms with Crippen molar-refractivity contribution in [1.29, 1.82) is 0 Å². The number of nitrogens with zero attached hydrogens (tertiary/aromatic N) is 1. The van der Waals surface area contributed by atoms with E-state index in [1.165, 1.54) is 6.07 Å². The van der Waals surface area contributed by atoms with E-state index in [1.807, 2.05) is 61.5 Å². The second-order valence-electron chi connectivity index (χ2n) is 10.3. The molecule has 4 rings (SSSR count). The molecule has 1 aromatic heterocycles. The van der Waals surface area contributed by atoms with Crippen LogP contribution >= 0.6 is 0 Å². The smallest absolute Gasteiger partial charge is 0.240 e. The summed E-state index contributed by atoms with van der Waals surface area (Å²) in [5, 5.41) is 16.6. The lowest BCUT2D eigenvalue weighted by Gasteiger charge is -2.18. The number of benzene rings is 3. The summed E-state index contributed by atoms with van der Waals surface area (Å²) in [6.07, 6.45) is 1.81. The lowest BCUT2D eigenvalue weighted by Crippen LogP contribution is -2.32. The molecule has 0 fully saturated rings. The molecule has 0 saturated heterocycles. The van der Waals surface area contributed by atoms with Crippen LogP contribution in [0.2, 0.25) is 0 Å². The van der Waals surface area contributed by atoms with Crippen molar-refractivity contribution < 1.29 is 18.3 Å². The van der Waals surface area contributed by atoms with Crippen LogP contribution in [-0.4, -0.2) is 37.0 Å². The van der Waals surface area contributed by atoms with E-state index < -0.39 is 16.1 Å². The number of pyridine rings is 1. The number of aliphatic hydroxyl groups is 1. The SMILES string of the molecule is CC(Cc1cccc(CC(=O)NCc2cccc(S(=O)(=O)NCc3ccccc3)c2)c1)NCC(O)c1ccc(N)nc1. The molecule has 3 aromatic carbocycles. The van der Waals surface area contributed by atoms with Crippen LogP contribution < -0.4 is 21.1 Å². The first-order chi connectivity index (χ1) is 20.2. The van der Waals surface area contributed by atoms with Gasteiger partial charge in [-0.25, -0.2) is 18.1 Å². The van der Waals surface area contributed by atoms with Gasteiger partial charge in [0.25, 0.3) is 0 Å². The van der Waals surface area contributed by atoms with Gasteiger partial charge in [-0.15, -0.1) is 0 Å². The molecule has 0 aliphatic carbocycles. The lowest BCUT2D eigenvalue weighted by molar-refractivity contribution is -0.120. The molecule has 4 aromatic rings. The predicted molar refractivity (Wildman–Crippen MR) is 164 cm³/mol. The first kappa shape index (κ1) is 30.9. The fourth-order valence-electron chi connectivity index (χ4n) is 4.47. The molecule has 2 atom stereocenters. The molecule has 0 bridgehead atoms. The van der Waals surface area contributed by atoms with Crippen molar-refractivity contribution in [3.63, 3.8) is 0 Å². The summed E-state index contributed by atoms with van der Waals surface area (Å²) in [7, 11) is -3.70. The Bertz CT molecular complexity index is 1560. The van der Waals surface area contributed by atoms with Crippen molar-refractivity contribution in [2.24, 2.45) is 0 Å². The van der Waals surface area contributed by atoms with E-state index >= 15 is 0 Å². The third-order valence-corrected chi connectivity index (χ3v) is 8.16. The number of rotatable bonds is 14. The van der Waals surface area contributed by atoms with E-state index in [4.69, 9.17) is 5.73 Å². The van der Waals surface area contributed by atoms with Gasteiger partial charge in [-0.05, 0) is 53.8 Å². The van der Waals surface area contributed by atoms with E-state index in [2.05, 4.69) is 20.3 Å². The lowest BCUT2D eigenvalue weighted by atomic mass is 10.0. The molecule has 42 heavy (non-hydrogen) atoms. The summed E-state index contributed by atoms with van der Waals surface area (Å²) < 4.78 is 28.2. The zero-order chi connectivity index (χ0) is 30.0. The van der Waals surface area contributed by atoms with Gasteiger partial charge in [-0.2, -0.15) is 0 Å². The molecule has 10 heteroatoms. The maximum Gasteiger partial charge on any atom is 0.240 e. The summed E-state index contributed by atoms with van der Waals surface area (Å²) in [4.78, 5) is 16.9. The number of carbonyl (C=O) groups excluding carboxylic acids is 1. The minimum absolute atomic E-state index is 0.0937. The highest BCUT2D eigenvalue weighted by Gasteiger charge is 2.15. The zero-order valence-electron chi connectivity index (χ0n) is 23.5. The molecule has 0 aliphatic rings. The summed E-state index contributed by atoms with van der Waals surface area (Å²) >= 11 is 0. The largest absolute Gasteiger partial charge is 0.387 e. The molecule has 1 amide bonds. The average molecular weight is 588 g/mol. The van der Waals surface area contributed by atoms with Crippen molar-refractivity contribution in [1.82, 2.24) is 20.3 Å². The van der Waals surface area contributed by atoms with Crippen LogP contribution in [0.3, 0.4) is 0 Å². The molecule has 0 spiro atoms. The summed E-state index contributed by atoms with van der Waals surface area (Å²) in [6.45, 7) is 2.83. The minimum Gasteiger partial charge on any atom is -0.387 e. The van der Waals surface area contributed by atoms with Crippen molar-refractivity contribution in [2.75, 3.05) is 12.3 Å². The van der Waals surface area contributed by atoms with Crippen molar-refractivity contribution in [3.8, 4) is 0 Å². The second kappa shape index (κ2) is 14.7. The fraction of sp³-hybridized carbons (Fsp3) is 0.250. The molecule has 1 heterocycles. The van der Waals surface area contributed by atoms with Crippen LogP contribution in [-0.2, 0) is 40.7 Å². The quantitative estimate of drug-likeness (QED) is 0.152. The van der Waals surface area contributed by atoms with Crippen LogP contribution in [0.4, 0.5) is 5.82 Å². The van der Waals surface area contributed by atoms with Crippen LogP contribution in [0.25, 0.3) is 0 Å². The number of anilines is 1. The first-order valence-electron chi connectivity index (χ1n) is 13.8. The molecule has 0 aliphatic heterocycles. The number of nitrogens with one attached hydrogen (secondary N) is 3. The van der Waals surface area contributed by atoms with E-state index in [0.717, 1.165) is 23.1 Å². The number of carbonyl (C=O) groups is 1. The number of hydrogen-bond acceptors (Lipinski definition) is 7. The standard InChI is InChI=1S/C32H37N5O4S/c1-23(34-22-30(38)28-13-14-31(33)35-21-28)15-25-9-5-10-26(16-25)18-32(39)36-19-27-11-6-12-29(17-27)42(40,41)37-20-24-7-3-2-4-8-24/h2-14,16-17,21,23,30,34,37-38H,15,18-20,22H2,1H3,(H2,33,35)(H,36,39). The maximum absolute atomic E-state index is 12.8. The van der Waals surface area contributed by atoms with E-state index in [9.17, 15) is 18.3 Å². The second-order valence-corrected chi connectivity index (χ2v) is 12.0. The fourth-order valence-corrected chi connectivity index (χ4v) is 5.55. The Morgan fingerprint density at radius 1 is 0.881 bits per heavy atom. The molecule has 9 nitrogen and oxygen atoms in total. The Kier molecular flexibility index (Phi) is 10.8. The van der Waals surface area contributed by atoms with Crippen LogP contribution in [0.1, 0.15) is 40.8 Å². The van der Waals surface area contributed by atoms with Gasteiger partial charge in [0.1, 0.15) is 5.82 Å². The Morgan fingerprint density at radius 3 is 2.36 bits per heavy atom. The van der Waals surface area contributed by atoms with Gasteiger partial charge in [-0.3, -0.25) is 4.79 Å². The van der Waals surface area contributed by atoms with E-state index in [1.54, 1.807) is 36.5 Å². The van der Waals surface area contributed by atoms with Gasteiger partial charge in [-0.1, -0.05) is 72.8 Å². The summed E-state index contributed by atoms with van der Waals surface area (Å²) in [5.74, 6) is 0.252. The number of aromatic nitrogens is 1. The van der Waals surface area contributed by atoms with Gasteiger partial charge in [0.2, 0.25) is 15.9 Å². The molecule has 0 radical (unpaired) electrons.